The van der Waals surface area contributed by atoms with Gasteiger partial charge in [-0.2, -0.15) is 34.8 Å². The van der Waals surface area contributed by atoms with E-state index >= 15 is 0 Å². The molecule has 0 spiro atoms. The quantitative estimate of drug-likeness (QED) is 0.321. The number of benzene rings is 1. The summed E-state index contributed by atoms with van der Waals surface area (Å²) in [4.78, 5) is 12.1. The largest absolute Gasteiger partial charge is 0.438 e. The zero-order valence-electron chi connectivity index (χ0n) is 14.1. The fourth-order valence-electron chi connectivity index (χ4n) is 2.23. The molecule has 0 bridgehead atoms. The van der Waals surface area contributed by atoms with Crippen LogP contribution >= 0.6 is 0 Å². The molecule has 1 N–H and O–H groups in total. The van der Waals surface area contributed by atoms with E-state index in [1.807, 2.05) is 0 Å². The zero-order valence-corrected chi connectivity index (χ0v) is 14.9. The van der Waals surface area contributed by atoms with Gasteiger partial charge in [0.05, 0.1) is 5.56 Å². The summed E-state index contributed by atoms with van der Waals surface area (Å²) in [6.45, 7) is 0. The van der Waals surface area contributed by atoms with E-state index in [0.717, 1.165) is 12.1 Å². The van der Waals surface area contributed by atoms with Gasteiger partial charge in [0.15, 0.2) is 0 Å². The lowest BCUT2D eigenvalue weighted by atomic mass is 9.89. The summed E-state index contributed by atoms with van der Waals surface area (Å²) in [5.74, 6) is -4.93. The van der Waals surface area contributed by atoms with E-state index in [4.69, 9.17) is 4.55 Å². The van der Waals surface area contributed by atoms with Crippen molar-refractivity contribution in [2.75, 3.05) is 5.75 Å². The molecule has 0 fully saturated rings. The molecule has 0 heterocycles. The smallest absolute Gasteiger partial charge is 0.435 e. The van der Waals surface area contributed by atoms with Crippen LogP contribution in [0.5, 0.6) is 0 Å². The van der Waals surface area contributed by atoms with Gasteiger partial charge in [-0.1, -0.05) is 29.8 Å². The zero-order chi connectivity index (χ0) is 21.3. The lowest BCUT2D eigenvalue weighted by molar-refractivity contribution is -0.356. The molecule has 0 aliphatic heterocycles. The first kappa shape index (κ1) is 23.3. The average Bonchev–Trinajstić information content (AvgIpc) is 2.50. The van der Waals surface area contributed by atoms with Gasteiger partial charge in [-0.05, 0) is 12.1 Å². The molecule has 0 aliphatic rings. The second-order valence-electron chi connectivity index (χ2n) is 5.68. The highest BCUT2D eigenvalue weighted by atomic mass is 32.2. The Bertz CT molecular complexity index is 770. The van der Waals surface area contributed by atoms with Gasteiger partial charge < -0.3 is 4.74 Å². The van der Waals surface area contributed by atoms with E-state index in [1.54, 1.807) is 21.8 Å². The molecule has 14 heteroatoms. The molecule has 1 rings (SSSR count). The second-order valence-corrected chi connectivity index (χ2v) is 7.14. The Morgan fingerprint density at radius 3 is 1.67 bits per heavy atom. The van der Waals surface area contributed by atoms with E-state index in [2.05, 4.69) is 4.74 Å². The number of alkyl halides is 6. The minimum Gasteiger partial charge on any atom is -0.435 e. The number of carbonyl (C=O) groups excluding carboxylic acids is 1. The van der Waals surface area contributed by atoms with Gasteiger partial charge in [0.1, 0.15) is 21.4 Å². The standard InChI is InChI=1S/C13H14B2F6O5S/c14-4-7-1-8(5-15)3-9(2-7)10(22)26-11(12(16,17)18,13(19,20)21)6-27(23,24)25/h1-3H,4-6,14-15H2,(H,23,24,25). The molecule has 1 aromatic carbocycles. The number of hydrogen-bond acceptors (Lipinski definition) is 4. The van der Waals surface area contributed by atoms with Crippen LogP contribution in [0.2, 0.25) is 0 Å². The summed E-state index contributed by atoms with van der Waals surface area (Å²) in [6, 6.07) is 3.70. The number of hydrogen-bond donors (Lipinski definition) is 1. The van der Waals surface area contributed by atoms with Crippen molar-refractivity contribution in [1.82, 2.24) is 0 Å². The fourth-order valence-corrected chi connectivity index (χ4v) is 3.13. The maximum absolute atomic E-state index is 13.2. The Labute approximate surface area is 152 Å². The van der Waals surface area contributed by atoms with Gasteiger partial charge in [0.2, 0.25) is 0 Å². The first-order valence-corrected chi connectivity index (χ1v) is 9.12. The van der Waals surface area contributed by atoms with Crippen molar-refractivity contribution in [1.29, 1.82) is 0 Å². The second kappa shape index (κ2) is 7.74. The van der Waals surface area contributed by atoms with Gasteiger partial charge in [0.25, 0.3) is 10.1 Å². The minimum atomic E-state index is -6.35. The molecule has 5 nitrogen and oxygen atoms in total. The highest BCUT2D eigenvalue weighted by molar-refractivity contribution is 7.85. The normalized spacial score (nSPS) is 13.4. The van der Waals surface area contributed by atoms with Gasteiger partial charge in [-0.25, -0.2) is 4.79 Å². The van der Waals surface area contributed by atoms with Gasteiger partial charge in [0, 0.05) is 0 Å². The third kappa shape index (κ3) is 5.41. The van der Waals surface area contributed by atoms with Crippen molar-refractivity contribution in [3.8, 4) is 0 Å². The van der Waals surface area contributed by atoms with E-state index in [9.17, 15) is 39.6 Å². The fraction of sp³-hybridized carbons (Fsp3) is 0.462. The third-order valence-electron chi connectivity index (χ3n) is 3.67. The average molecular weight is 418 g/mol. The SMILES string of the molecule is BCc1cc(CB)cc(C(=O)OC(CS(=O)(=O)O)(C(F)(F)F)C(F)(F)F)c1. The molecule has 1 aromatic rings. The Kier molecular flexibility index (Phi) is 6.69. The van der Waals surface area contributed by atoms with Gasteiger partial charge in [-0.3, -0.25) is 4.55 Å². The van der Waals surface area contributed by atoms with Gasteiger partial charge in [-0.15, -0.1) is 0 Å². The summed E-state index contributed by atoms with van der Waals surface area (Å²) in [5, 5.41) is 0. The van der Waals surface area contributed by atoms with Crippen molar-refractivity contribution < 1.29 is 48.8 Å². The van der Waals surface area contributed by atoms with Crippen molar-refractivity contribution in [2.45, 2.75) is 30.6 Å². The van der Waals surface area contributed by atoms with Crippen LogP contribution in [0.25, 0.3) is 0 Å². The first-order valence-electron chi connectivity index (χ1n) is 7.51. The maximum atomic E-state index is 13.2. The monoisotopic (exact) mass is 418 g/mol. The maximum Gasteiger partial charge on any atom is 0.438 e. The highest BCUT2D eigenvalue weighted by Crippen LogP contribution is 2.47. The molecule has 0 unspecified atom stereocenters. The van der Waals surface area contributed by atoms with Crippen LogP contribution in [0.3, 0.4) is 0 Å². The molecule has 0 radical (unpaired) electrons. The predicted molar refractivity (Wildman–Crippen MR) is 87.6 cm³/mol. The van der Waals surface area contributed by atoms with Crippen molar-refractivity contribution >= 4 is 31.8 Å². The predicted octanol–water partition coefficient (Wildman–Crippen LogP) is 0.861. The number of carbonyl (C=O) groups is 1. The van der Waals surface area contributed by atoms with E-state index in [0.29, 0.717) is 23.8 Å². The van der Waals surface area contributed by atoms with Crippen LogP contribution in [-0.2, 0) is 27.5 Å². The summed E-state index contributed by atoms with van der Waals surface area (Å²) in [7, 11) is -2.52. The van der Waals surface area contributed by atoms with Crippen LogP contribution in [0.1, 0.15) is 21.5 Å². The van der Waals surface area contributed by atoms with Crippen molar-refractivity contribution in [3.05, 3.63) is 34.9 Å². The van der Waals surface area contributed by atoms with E-state index in [-0.39, 0.29) is 0 Å². The van der Waals surface area contributed by atoms with Gasteiger partial charge >= 0.3 is 23.9 Å². The van der Waals surface area contributed by atoms with Crippen LogP contribution in [-0.4, -0.2) is 58.3 Å². The molecule has 0 saturated carbocycles. The summed E-state index contributed by atoms with van der Waals surface area (Å²) in [5.41, 5.74) is -5.10. The lowest BCUT2D eigenvalue weighted by Gasteiger charge is -2.35. The summed E-state index contributed by atoms with van der Waals surface area (Å²) >= 11 is 0. The molecule has 0 saturated heterocycles. The number of ether oxygens (including phenoxy) is 1. The Hall–Kier alpha value is -1.69. The van der Waals surface area contributed by atoms with E-state index in [1.165, 1.54) is 0 Å². The molecule has 0 aromatic heterocycles. The third-order valence-corrected chi connectivity index (χ3v) is 4.44. The number of esters is 1. The Balaban J connectivity index is 3.52. The molecular weight excluding hydrogens is 404 g/mol. The first-order chi connectivity index (χ1) is 12.1. The van der Waals surface area contributed by atoms with Crippen molar-refractivity contribution in [2.24, 2.45) is 0 Å². The molecule has 27 heavy (non-hydrogen) atoms. The summed E-state index contributed by atoms with van der Waals surface area (Å²) < 4.78 is 113. The lowest BCUT2D eigenvalue weighted by Crippen LogP contribution is -2.63. The Morgan fingerprint density at radius 2 is 1.37 bits per heavy atom. The van der Waals surface area contributed by atoms with Crippen LogP contribution in [0.15, 0.2) is 18.2 Å². The molecule has 0 atom stereocenters. The topological polar surface area (TPSA) is 80.7 Å². The molecule has 150 valence electrons. The minimum absolute atomic E-state index is 0.336. The Morgan fingerprint density at radius 1 is 0.963 bits per heavy atom. The van der Waals surface area contributed by atoms with E-state index < -0.39 is 45.4 Å². The number of rotatable bonds is 6. The van der Waals surface area contributed by atoms with Crippen molar-refractivity contribution in [3.63, 3.8) is 0 Å². The van der Waals surface area contributed by atoms with Crippen LogP contribution in [0.4, 0.5) is 26.3 Å². The number of halogens is 6. The van der Waals surface area contributed by atoms with Crippen LogP contribution < -0.4 is 0 Å². The molecular formula is C13H14B2F6O5S. The molecule has 0 amide bonds. The summed E-state index contributed by atoms with van der Waals surface area (Å²) in [6.07, 6.45) is -12.0. The highest BCUT2D eigenvalue weighted by Gasteiger charge is 2.76. The molecule has 0 aliphatic carbocycles. The van der Waals surface area contributed by atoms with Crippen LogP contribution in [0, 0.1) is 0 Å².